The predicted octanol–water partition coefficient (Wildman–Crippen LogP) is 1.84. The van der Waals surface area contributed by atoms with Crippen molar-refractivity contribution in [3.05, 3.63) is 12.2 Å². The number of carbonyl (C=O) groups excluding carboxylic acids is 2. The molecule has 4 atom stereocenters. The van der Waals surface area contributed by atoms with Gasteiger partial charge in [0.05, 0.1) is 0 Å². The van der Waals surface area contributed by atoms with Crippen molar-refractivity contribution >= 4 is 12.4 Å². The van der Waals surface area contributed by atoms with E-state index < -0.39 is 11.6 Å². The zero-order chi connectivity index (χ0) is 12.6. The number of rotatable bonds is 4. The van der Waals surface area contributed by atoms with Gasteiger partial charge >= 0.3 is 5.97 Å². The topological polar surface area (TPSA) is 52.6 Å². The molecule has 0 radical (unpaired) electrons. The fraction of sp³-hybridized carbons (Fsp3) is 0.692. The average molecular weight is 238 g/mol. The molecule has 2 aliphatic carbocycles. The first-order valence-corrected chi connectivity index (χ1v) is 5.97. The Bertz CT molecular complexity index is 362. The number of fused-ring (bicyclic) bond motifs is 2. The minimum Gasteiger partial charge on any atom is -0.457 e. The summed E-state index contributed by atoms with van der Waals surface area (Å²) in [5, 5.41) is 0. The van der Waals surface area contributed by atoms with Crippen LogP contribution in [-0.2, 0) is 19.1 Å². The highest BCUT2D eigenvalue weighted by Gasteiger charge is 2.59. The first-order chi connectivity index (χ1) is 7.99. The van der Waals surface area contributed by atoms with E-state index in [1.807, 2.05) is 6.92 Å². The summed E-state index contributed by atoms with van der Waals surface area (Å²) in [6.07, 6.45) is 2.72. The lowest BCUT2D eigenvalue weighted by Gasteiger charge is -2.38. The Morgan fingerprint density at radius 3 is 2.76 bits per heavy atom. The van der Waals surface area contributed by atoms with Crippen LogP contribution in [0, 0.1) is 11.8 Å². The lowest BCUT2D eigenvalue weighted by atomic mass is 9.83. The number of esters is 1. The molecule has 0 spiro atoms. The van der Waals surface area contributed by atoms with Crippen molar-refractivity contribution in [2.45, 2.75) is 44.8 Å². The Kier molecular flexibility index (Phi) is 2.98. The van der Waals surface area contributed by atoms with Crippen molar-refractivity contribution < 1.29 is 19.1 Å². The number of ether oxygens (including phenoxy) is 2. The molecule has 2 fully saturated rings. The Morgan fingerprint density at radius 1 is 1.47 bits per heavy atom. The van der Waals surface area contributed by atoms with Crippen molar-refractivity contribution in [1.29, 1.82) is 0 Å². The molecular weight excluding hydrogens is 220 g/mol. The normalized spacial score (nSPS) is 38.8. The molecule has 0 heterocycles. The maximum absolute atomic E-state index is 11.6. The van der Waals surface area contributed by atoms with Gasteiger partial charge in [0.2, 0.25) is 0 Å². The zero-order valence-corrected chi connectivity index (χ0v) is 10.3. The molecule has 94 valence electrons. The maximum Gasteiger partial charge on any atom is 0.333 e. The van der Waals surface area contributed by atoms with Gasteiger partial charge in [0, 0.05) is 17.4 Å². The van der Waals surface area contributed by atoms with E-state index in [2.05, 4.69) is 6.58 Å². The van der Waals surface area contributed by atoms with Gasteiger partial charge in [-0.2, -0.15) is 0 Å². The van der Waals surface area contributed by atoms with E-state index in [1.165, 1.54) is 0 Å². The van der Waals surface area contributed by atoms with Gasteiger partial charge in [-0.3, -0.25) is 4.79 Å². The molecule has 0 N–H and O–H groups in total. The summed E-state index contributed by atoms with van der Waals surface area (Å²) >= 11 is 0. The molecule has 0 aromatic rings. The van der Waals surface area contributed by atoms with Crippen LogP contribution in [0.4, 0.5) is 0 Å². The minimum atomic E-state index is -0.657. The summed E-state index contributed by atoms with van der Waals surface area (Å²) in [6.45, 7) is 7.51. The third-order valence-corrected chi connectivity index (χ3v) is 4.16. The molecular formula is C13H18O4. The second-order valence-electron chi connectivity index (χ2n) is 5.27. The Balaban J connectivity index is 2.16. The van der Waals surface area contributed by atoms with Crippen LogP contribution in [0.5, 0.6) is 0 Å². The first kappa shape index (κ1) is 12.1. The molecule has 4 heteroatoms. The van der Waals surface area contributed by atoms with Gasteiger partial charge in [0.15, 0.2) is 0 Å². The van der Waals surface area contributed by atoms with Crippen LogP contribution in [0.1, 0.15) is 33.1 Å². The minimum absolute atomic E-state index is 0.306. The maximum atomic E-state index is 11.6. The van der Waals surface area contributed by atoms with E-state index >= 15 is 0 Å². The molecule has 2 rings (SSSR count). The largest absolute Gasteiger partial charge is 0.457 e. The highest BCUT2D eigenvalue weighted by atomic mass is 16.6. The molecule has 17 heavy (non-hydrogen) atoms. The molecule has 4 unspecified atom stereocenters. The fourth-order valence-corrected chi connectivity index (χ4v) is 3.21. The van der Waals surface area contributed by atoms with Gasteiger partial charge < -0.3 is 9.47 Å². The van der Waals surface area contributed by atoms with E-state index in [-0.39, 0.29) is 6.10 Å². The van der Waals surface area contributed by atoms with E-state index in [0.29, 0.717) is 23.9 Å². The van der Waals surface area contributed by atoms with Crippen LogP contribution in [0.15, 0.2) is 12.2 Å². The van der Waals surface area contributed by atoms with Crippen molar-refractivity contribution in [1.82, 2.24) is 0 Å². The lowest BCUT2D eigenvalue weighted by Crippen LogP contribution is -2.49. The second-order valence-corrected chi connectivity index (χ2v) is 5.27. The van der Waals surface area contributed by atoms with Crippen LogP contribution in [0.2, 0.25) is 0 Å². The van der Waals surface area contributed by atoms with E-state index in [0.717, 1.165) is 19.3 Å². The van der Waals surface area contributed by atoms with Crippen LogP contribution in [0.25, 0.3) is 0 Å². The Morgan fingerprint density at radius 2 is 2.18 bits per heavy atom. The monoisotopic (exact) mass is 238 g/mol. The number of hydrogen-bond donors (Lipinski definition) is 0. The third-order valence-electron chi connectivity index (χ3n) is 4.16. The number of carbonyl (C=O) groups is 2. The summed E-state index contributed by atoms with van der Waals surface area (Å²) < 4.78 is 10.7. The Labute approximate surface area is 101 Å². The Hall–Kier alpha value is -1.32. The van der Waals surface area contributed by atoms with Crippen LogP contribution < -0.4 is 0 Å². The fourth-order valence-electron chi connectivity index (χ4n) is 3.21. The molecule has 0 aromatic heterocycles. The van der Waals surface area contributed by atoms with Crippen LogP contribution in [0.3, 0.4) is 0 Å². The van der Waals surface area contributed by atoms with E-state index in [9.17, 15) is 9.59 Å². The van der Waals surface area contributed by atoms with E-state index in [1.54, 1.807) is 6.92 Å². The molecule has 0 aliphatic heterocycles. The molecule has 0 saturated heterocycles. The van der Waals surface area contributed by atoms with Crippen molar-refractivity contribution in [3.8, 4) is 0 Å². The molecule has 2 aliphatic rings. The highest BCUT2D eigenvalue weighted by molar-refractivity contribution is 5.87. The van der Waals surface area contributed by atoms with E-state index in [4.69, 9.17) is 9.47 Å². The van der Waals surface area contributed by atoms with Gasteiger partial charge in [-0.15, -0.1) is 0 Å². The molecule has 0 aromatic carbocycles. The van der Waals surface area contributed by atoms with Gasteiger partial charge in [-0.05, 0) is 33.1 Å². The lowest BCUT2D eigenvalue weighted by molar-refractivity contribution is -0.180. The van der Waals surface area contributed by atoms with Crippen LogP contribution in [-0.4, -0.2) is 24.1 Å². The van der Waals surface area contributed by atoms with Crippen molar-refractivity contribution in [2.24, 2.45) is 11.8 Å². The second kappa shape index (κ2) is 4.17. The standard InChI is InChI=1S/C13H18O4/c1-8(2)12(15)17-11-9-4-5-10(6-9)13(11,3)16-7-14/h7,9-11H,1,4-6H2,2-3H3. The summed E-state index contributed by atoms with van der Waals surface area (Å²) in [5.74, 6) is 0.220. The average Bonchev–Trinajstić information content (AvgIpc) is 2.81. The van der Waals surface area contributed by atoms with Gasteiger partial charge in [0.25, 0.3) is 6.47 Å². The van der Waals surface area contributed by atoms with Crippen molar-refractivity contribution in [3.63, 3.8) is 0 Å². The van der Waals surface area contributed by atoms with Crippen LogP contribution >= 0.6 is 0 Å². The molecule has 4 nitrogen and oxygen atoms in total. The quantitative estimate of drug-likeness (QED) is 0.426. The molecule has 0 amide bonds. The van der Waals surface area contributed by atoms with Gasteiger partial charge in [-0.25, -0.2) is 4.79 Å². The predicted molar refractivity (Wildman–Crippen MR) is 61.1 cm³/mol. The third kappa shape index (κ3) is 1.85. The smallest absolute Gasteiger partial charge is 0.333 e. The number of hydrogen-bond acceptors (Lipinski definition) is 4. The summed E-state index contributed by atoms with van der Waals surface area (Å²) in [5.41, 5.74) is -0.281. The molecule has 2 bridgehead atoms. The zero-order valence-electron chi connectivity index (χ0n) is 10.3. The first-order valence-electron chi connectivity index (χ1n) is 5.97. The van der Waals surface area contributed by atoms with Gasteiger partial charge in [0.1, 0.15) is 11.7 Å². The summed E-state index contributed by atoms with van der Waals surface area (Å²) in [7, 11) is 0. The SMILES string of the molecule is C=C(C)C(=O)OC1C2CCC(C2)C1(C)OC=O. The van der Waals surface area contributed by atoms with Gasteiger partial charge in [-0.1, -0.05) is 6.58 Å². The summed E-state index contributed by atoms with van der Waals surface area (Å²) in [6, 6.07) is 0. The highest BCUT2D eigenvalue weighted by Crippen LogP contribution is 2.53. The summed E-state index contributed by atoms with van der Waals surface area (Å²) in [4.78, 5) is 22.2. The van der Waals surface area contributed by atoms with Crippen molar-refractivity contribution in [2.75, 3.05) is 0 Å². The molecule has 2 saturated carbocycles.